The average molecular weight is 381 g/mol. The normalized spacial score (nSPS) is 12.0. The third kappa shape index (κ3) is 3.75. The van der Waals surface area contributed by atoms with E-state index in [0.717, 1.165) is 10.4 Å². The monoisotopic (exact) mass is 380 g/mol. The van der Waals surface area contributed by atoms with Gasteiger partial charge in [0, 0.05) is 4.88 Å². The second kappa shape index (κ2) is 7.30. The molecule has 1 unspecified atom stereocenters. The Balaban J connectivity index is 1.93. The first-order chi connectivity index (χ1) is 11.5. The van der Waals surface area contributed by atoms with Gasteiger partial charge in [-0.15, -0.1) is 11.3 Å². The van der Waals surface area contributed by atoms with Crippen molar-refractivity contribution in [1.29, 1.82) is 0 Å². The van der Waals surface area contributed by atoms with E-state index >= 15 is 0 Å². The summed E-state index contributed by atoms with van der Waals surface area (Å²) in [5, 5.41) is 5.18. The molecule has 1 N–H and O–H groups in total. The van der Waals surface area contributed by atoms with Gasteiger partial charge in [0.2, 0.25) is 0 Å². The van der Waals surface area contributed by atoms with E-state index in [1.165, 1.54) is 35.6 Å². The van der Waals surface area contributed by atoms with Crippen molar-refractivity contribution >= 4 is 40.4 Å². The molecule has 3 rings (SSSR count). The third-order valence-corrected chi connectivity index (χ3v) is 4.79. The number of hydrogen-bond donors (Lipinski definition) is 1. The molecule has 0 aliphatic carbocycles. The van der Waals surface area contributed by atoms with Gasteiger partial charge in [0.05, 0.1) is 11.1 Å². The Bertz CT molecular complexity index is 854. The number of thiophene rings is 1. The Labute approximate surface area is 152 Å². The van der Waals surface area contributed by atoms with Crippen LogP contribution in [0.1, 0.15) is 27.0 Å². The lowest BCUT2D eigenvalue weighted by molar-refractivity contribution is 0.0938. The summed E-state index contributed by atoms with van der Waals surface area (Å²) in [7, 11) is 0. The summed E-state index contributed by atoms with van der Waals surface area (Å²) in [4.78, 5) is 17.5. The quantitative estimate of drug-likeness (QED) is 0.639. The van der Waals surface area contributed by atoms with Crippen LogP contribution in [-0.2, 0) is 0 Å². The Morgan fingerprint density at radius 1 is 1.12 bits per heavy atom. The smallest absolute Gasteiger partial charge is 0.272 e. The number of rotatable bonds is 4. The molecular weight excluding hydrogens is 370 g/mol. The van der Waals surface area contributed by atoms with Gasteiger partial charge in [-0.1, -0.05) is 41.4 Å². The van der Waals surface area contributed by atoms with E-state index in [1.54, 1.807) is 12.1 Å². The van der Waals surface area contributed by atoms with Crippen molar-refractivity contribution in [3.63, 3.8) is 0 Å². The summed E-state index contributed by atoms with van der Waals surface area (Å²) in [6, 6.07) is 12.3. The van der Waals surface area contributed by atoms with Crippen LogP contribution in [0, 0.1) is 5.82 Å². The summed E-state index contributed by atoms with van der Waals surface area (Å²) in [6.45, 7) is 0. The summed E-state index contributed by atoms with van der Waals surface area (Å²) in [6.07, 6.45) is 0. The SMILES string of the molecule is O=C(NC(c1ccc(F)cc1)c1cccs1)c1nc(Cl)ccc1Cl. The Morgan fingerprint density at radius 2 is 1.88 bits per heavy atom. The van der Waals surface area contributed by atoms with Gasteiger partial charge in [-0.2, -0.15) is 0 Å². The highest BCUT2D eigenvalue weighted by Crippen LogP contribution is 2.27. The topological polar surface area (TPSA) is 42.0 Å². The highest BCUT2D eigenvalue weighted by Gasteiger charge is 2.21. The van der Waals surface area contributed by atoms with E-state index in [4.69, 9.17) is 23.2 Å². The van der Waals surface area contributed by atoms with Gasteiger partial charge >= 0.3 is 0 Å². The van der Waals surface area contributed by atoms with Crippen LogP contribution in [0.2, 0.25) is 10.2 Å². The predicted octanol–water partition coefficient (Wildman–Crippen LogP) is 5.11. The second-order valence-corrected chi connectivity index (χ2v) is 6.71. The predicted molar refractivity (Wildman–Crippen MR) is 94.3 cm³/mol. The molecule has 0 saturated carbocycles. The molecule has 0 saturated heterocycles. The van der Waals surface area contributed by atoms with Crippen molar-refractivity contribution in [2.75, 3.05) is 0 Å². The Kier molecular flexibility index (Phi) is 5.14. The highest BCUT2D eigenvalue weighted by molar-refractivity contribution is 7.10. The zero-order chi connectivity index (χ0) is 17.1. The van der Waals surface area contributed by atoms with Gasteiger partial charge in [-0.3, -0.25) is 4.79 Å². The molecule has 3 nitrogen and oxygen atoms in total. The van der Waals surface area contributed by atoms with Crippen LogP contribution >= 0.6 is 34.5 Å². The zero-order valence-electron chi connectivity index (χ0n) is 12.2. The second-order valence-electron chi connectivity index (χ2n) is 4.94. The lowest BCUT2D eigenvalue weighted by Gasteiger charge is -2.18. The number of amides is 1. The van der Waals surface area contributed by atoms with Crippen molar-refractivity contribution in [1.82, 2.24) is 10.3 Å². The molecule has 0 aliphatic rings. The van der Waals surface area contributed by atoms with E-state index in [-0.39, 0.29) is 21.7 Å². The first-order valence-electron chi connectivity index (χ1n) is 6.96. The van der Waals surface area contributed by atoms with Crippen molar-refractivity contribution in [2.45, 2.75) is 6.04 Å². The fourth-order valence-electron chi connectivity index (χ4n) is 2.21. The summed E-state index contributed by atoms with van der Waals surface area (Å²) in [5.74, 6) is -0.792. The molecule has 1 amide bonds. The van der Waals surface area contributed by atoms with Crippen LogP contribution in [0.25, 0.3) is 0 Å². The van der Waals surface area contributed by atoms with Crippen LogP contribution in [0.5, 0.6) is 0 Å². The van der Waals surface area contributed by atoms with Crippen LogP contribution in [0.3, 0.4) is 0 Å². The van der Waals surface area contributed by atoms with E-state index < -0.39 is 11.9 Å². The molecule has 7 heteroatoms. The number of carbonyl (C=O) groups excluding carboxylic acids is 1. The minimum absolute atomic E-state index is 0.0489. The molecule has 0 fully saturated rings. The van der Waals surface area contributed by atoms with Crippen LogP contribution in [-0.4, -0.2) is 10.9 Å². The van der Waals surface area contributed by atoms with Gasteiger partial charge in [0.1, 0.15) is 16.7 Å². The molecule has 0 spiro atoms. The molecule has 0 radical (unpaired) electrons. The minimum Gasteiger partial charge on any atom is -0.339 e. The van der Waals surface area contributed by atoms with Gasteiger partial charge < -0.3 is 5.32 Å². The van der Waals surface area contributed by atoms with Crippen LogP contribution in [0.4, 0.5) is 4.39 Å². The maximum atomic E-state index is 13.2. The van der Waals surface area contributed by atoms with Gasteiger partial charge in [-0.05, 0) is 41.3 Å². The molecule has 2 heterocycles. The number of pyridine rings is 1. The molecule has 3 aromatic rings. The van der Waals surface area contributed by atoms with Crippen LogP contribution in [0.15, 0.2) is 53.9 Å². The van der Waals surface area contributed by atoms with Crippen molar-refractivity contribution < 1.29 is 9.18 Å². The fourth-order valence-corrected chi connectivity index (χ4v) is 3.35. The standard InChI is InChI=1S/C17H11Cl2FN2OS/c18-12-7-8-14(19)21-16(12)17(23)22-15(13-2-1-9-24-13)10-3-5-11(20)6-4-10/h1-9,15H,(H,22,23). The lowest BCUT2D eigenvalue weighted by Crippen LogP contribution is -2.29. The number of nitrogens with zero attached hydrogens (tertiary/aromatic N) is 1. The van der Waals surface area contributed by atoms with E-state index in [2.05, 4.69) is 10.3 Å². The molecule has 0 bridgehead atoms. The third-order valence-electron chi connectivity index (χ3n) is 3.33. The summed E-state index contributed by atoms with van der Waals surface area (Å²) < 4.78 is 13.2. The fraction of sp³-hybridized carbons (Fsp3) is 0.0588. The molecular formula is C17H11Cl2FN2OS. The van der Waals surface area contributed by atoms with E-state index in [0.29, 0.717) is 0 Å². The van der Waals surface area contributed by atoms with Crippen molar-refractivity contribution in [3.8, 4) is 0 Å². The summed E-state index contributed by atoms with van der Waals surface area (Å²) in [5.41, 5.74) is 0.804. The van der Waals surface area contributed by atoms with Crippen molar-refractivity contribution in [2.24, 2.45) is 0 Å². The van der Waals surface area contributed by atoms with E-state index in [9.17, 15) is 9.18 Å². The van der Waals surface area contributed by atoms with Gasteiger partial charge in [-0.25, -0.2) is 9.37 Å². The number of halogens is 3. The number of hydrogen-bond acceptors (Lipinski definition) is 3. The Hall–Kier alpha value is -1.95. The minimum atomic E-state index is -0.453. The van der Waals surface area contributed by atoms with Crippen LogP contribution < -0.4 is 5.32 Å². The maximum absolute atomic E-state index is 13.2. The molecule has 24 heavy (non-hydrogen) atoms. The molecule has 0 aliphatic heterocycles. The van der Waals surface area contributed by atoms with E-state index in [1.807, 2.05) is 17.5 Å². The Morgan fingerprint density at radius 3 is 2.54 bits per heavy atom. The maximum Gasteiger partial charge on any atom is 0.272 e. The van der Waals surface area contributed by atoms with Crippen molar-refractivity contribution in [3.05, 3.63) is 86.0 Å². The van der Waals surface area contributed by atoms with Gasteiger partial charge in [0.25, 0.3) is 5.91 Å². The zero-order valence-corrected chi connectivity index (χ0v) is 14.5. The summed E-state index contributed by atoms with van der Waals surface area (Å²) >= 11 is 13.4. The number of carbonyl (C=O) groups is 1. The lowest BCUT2D eigenvalue weighted by atomic mass is 10.0. The number of nitrogens with one attached hydrogen (secondary N) is 1. The first-order valence-corrected chi connectivity index (χ1v) is 8.60. The largest absolute Gasteiger partial charge is 0.339 e. The molecule has 122 valence electrons. The molecule has 2 aromatic heterocycles. The first kappa shape index (κ1) is 16.9. The van der Waals surface area contributed by atoms with Gasteiger partial charge in [0.15, 0.2) is 0 Å². The molecule has 1 atom stereocenters. The highest BCUT2D eigenvalue weighted by atomic mass is 35.5. The number of benzene rings is 1. The molecule has 1 aromatic carbocycles. The number of aromatic nitrogens is 1. The average Bonchev–Trinajstić information content (AvgIpc) is 3.10.